The number of nitrogens with one attached hydrogen (secondary N) is 4. The van der Waals surface area contributed by atoms with Crippen LogP contribution >= 0.6 is 0 Å². The second-order valence-electron chi connectivity index (χ2n) is 25.1. The second kappa shape index (κ2) is 23.7. The molecule has 12 aliphatic heterocycles. The molecular formula is C55H74N4O27S4. The second-order valence-corrected chi connectivity index (χ2v) is 32.0. The first-order valence-electron chi connectivity index (χ1n) is 28.5. The third-order valence-electron chi connectivity index (χ3n) is 18.4. The van der Waals surface area contributed by atoms with Gasteiger partial charge in [0.15, 0.2) is 39.3 Å². The number of hydrogen-bond donors (Lipinski definition) is 4. The highest BCUT2D eigenvalue weighted by molar-refractivity contribution is 7.88. The van der Waals surface area contributed by atoms with Crippen LogP contribution in [0.4, 0.5) is 0 Å². The molecule has 12 aliphatic rings. The quantitative estimate of drug-likeness (QED) is 0.0422. The van der Waals surface area contributed by atoms with E-state index in [0.29, 0.717) is 18.4 Å². The van der Waals surface area contributed by atoms with Gasteiger partial charge in [-0.05, 0) is 55.4 Å². The molecule has 12 rings (SSSR count). The molecule has 22 atom stereocenters. The molecule has 500 valence electrons. The number of rotatable bonds is 17. The average Bonchev–Trinajstić information content (AvgIpc) is 1.52. The highest BCUT2D eigenvalue weighted by atomic mass is 32.2. The largest absolute Gasteiger partial charge is 0.489 e. The molecule has 0 aliphatic carbocycles. The fourth-order valence-corrected chi connectivity index (χ4v) is 21.6. The summed E-state index contributed by atoms with van der Waals surface area (Å²) in [6.45, 7) is 33.4. The van der Waals surface area contributed by atoms with Crippen molar-refractivity contribution < 1.29 is 122 Å². The summed E-state index contributed by atoms with van der Waals surface area (Å²) in [4.78, 5) is 81.1. The van der Waals surface area contributed by atoms with Crippen LogP contribution < -0.4 is 21.3 Å². The van der Waals surface area contributed by atoms with Gasteiger partial charge in [0.1, 0.15) is 96.6 Å². The van der Waals surface area contributed by atoms with E-state index in [1.807, 2.05) is 13.8 Å². The summed E-state index contributed by atoms with van der Waals surface area (Å²) in [6.07, 6.45) is -7.05. The van der Waals surface area contributed by atoms with Crippen LogP contribution in [0.2, 0.25) is 0 Å². The zero-order chi connectivity index (χ0) is 66.9. The highest BCUT2D eigenvalue weighted by Crippen LogP contribution is 2.62. The van der Waals surface area contributed by atoms with E-state index in [1.54, 1.807) is 34.6 Å². The van der Waals surface area contributed by atoms with Crippen LogP contribution in [0.3, 0.4) is 0 Å². The molecule has 0 aromatic rings. The highest BCUT2D eigenvalue weighted by Gasteiger charge is 2.81. The molecule has 31 nitrogen and oxygen atoms in total. The number of amides is 4. The van der Waals surface area contributed by atoms with E-state index in [0.717, 1.165) is 0 Å². The first-order chi connectivity index (χ1) is 41.4. The molecule has 4 N–H and O–H groups in total. The van der Waals surface area contributed by atoms with Gasteiger partial charge < -0.3 is 59.2 Å². The summed E-state index contributed by atoms with van der Waals surface area (Å²) in [5, 5.41) is 5.73. The Kier molecular flexibility index (Phi) is 18.1. The minimum Gasteiger partial charge on any atom is -0.489 e. The third-order valence-corrected chi connectivity index (χ3v) is 25.4. The summed E-state index contributed by atoms with van der Waals surface area (Å²) in [5.41, 5.74) is -2.36. The standard InChI is InChI=1S/C16H23NO6S.3C13H17NO7S/c1-8(2)14(18)17-7-9(3)21-12-11-13-16(6,23-24(11,19)20)10(4)15(12,5)22-13;1-6(2)12(16)14-5-8(15)19-11-10-9-7(21-22(10,17)18)4-13(11,3)20-9;1-6(2)12(16)14-5-9(15)19-10-7-4-8-13(3,20-7)11(10)22(17,18)21-8;1-5(2)13(16)14-4-7(15)19-10-8-6(3)9-11(20-8)12(10)22(17,18)21-9/h10-13H,1,3,7H2,2,4-6H3,(H,17,18);7,9-11H,1,4-5H2,2-3H3,(H,14,16);7-8,10-11H,1,4-5H2,2-3H3,(H,14,16);6,8-12H,1,4H2,2-3H3,(H,14,16). The van der Waals surface area contributed by atoms with E-state index in [1.165, 1.54) is 20.8 Å². The van der Waals surface area contributed by atoms with Crippen LogP contribution in [0, 0.1) is 11.8 Å². The van der Waals surface area contributed by atoms with E-state index in [4.69, 9.17) is 54.6 Å². The normalized spacial score (nSPS) is 41.5. The van der Waals surface area contributed by atoms with Gasteiger partial charge in [0.2, 0.25) is 23.6 Å². The molecule has 0 spiro atoms. The molecular weight excluding hydrogens is 1280 g/mol. The van der Waals surface area contributed by atoms with Crippen molar-refractivity contribution in [1.82, 2.24) is 21.3 Å². The van der Waals surface area contributed by atoms with Gasteiger partial charge in [-0.25, -0.2) is 0 Å². The fraction of sp³-hybridized carbons (Fsp3) is 0.691. The van der Waals surface area contributed by atoms with Crippen LogP contribution in [-0.4, -0.2) is 218 Å². The Labute approximate surface area is 520 Å². The van der Waals surface area contributed by atoms with E-state index < -0.39 is 193 Å². The Bertz CT molecular complexity index is 3560. The lowest BCUT2D eigenvalue weighted by molar-refractivity contribution is -0.156. The molecule has 0 aromatic heterocycles. The predicted octanol–water partition coefficient (Wildman–Crippen LogP) is -1.53. The molecule has 12 heterocycles. The van der Waals surface area contributed by atoms with Gasteiger partial charge >= 0.3 is 17.9 Å². The van der Waals surface area contributed by atoms with Crippen LogP contribution in [0.1, 0.15) is 82.1 Å². The minimum atomic E-state index is -3.83. The Hall–Kier alpha value is -5.73. The van der Waals surface area contributed by atoms with Crippen molar-refractivity contribution in [2.24, 2.45) is 11.8 Å². The Morgan fingerprint density at radius 2 is 0.989 bits per heavy atom. The fourth-order valence-electron chi connectivity index (χ4n) is 13.7. The average molecular weight is 1350 g/mol. The summed E-state index contributed by atoms with van der Waals surface area (Å²) >= 11 is 0. The molecule has 0 saturated carbocycles. The van der Waals surface area contributed by atoms with Crippen molar-refractivity contribution in [3.05, 3.63) is 60.9 Å². The molecule has 4 amide bonds. The summed E-state index contributed by atoms with van der Waals surface area (Å²) in [7, 11) is -15.2. The lowest BCUT2D eigenvalue weighted by atomic mass is 9.69. The zero-order valence-electron chi connectivity index (χ0n) is 50.8. The topological polar surface area (TPSA) is 415 Å². The molecule has 8 bridgehead atoms. The van der Waals surface area contributed by atoms with Gasteiger partial charge in [-0.3, -0.25) is 50.3 Å². The van der Waals surface area contributed by atoms with E-state index in [2.05, 4.69) is 54.2 Å². The number of hydrogen-bond acceptors (Lipinski definition) is 27. The van der Waals surface area contributed by atoms with Crippen molar-refractivity contribution in [3.8, 4) is 0 Å². The van der Waals surface area contributed by atoms with Gasteiger partial charge in [-0.1, -0.05) is 46.7 Å². The zero-order valence-corrected chi connectivity index (χ0v) is 54.1. The van der Waals surface area contributed by atoms with Gasteiger partial charge in [0.25, 0.3) is 40.5 Å². The molecule has 35 heteroatoms. The maximum Gasteiger partial charge on any atom is 0.325 e. The van der Waals surface area contributed by atoms with Crippen LogP contribution in [-0.2, 0) is 129 Å². The van der Waals surface area contributed by atoms with Crippen LogP contribution in [0.5, 0.6) is 0 Å². The first-order valence-corrected chi connectivity index (χ1v) is 34.4. The van der Waals surface area contributed by atoms with Crippen molar-refractivity contribution in [2.75, 3.05) is 26.2 Å². The Morgan fingerprint density at radius 1 is 0.489 bits per heavy atom. The number of carbonyl (C=O) groups is 7. The van der Waals surface area contributed by atoms with E-state index in [-0.39, 0.29) is 66.4 Å². The van der Waals surface area contributed by atoms with Gasteiger partial charge in [-0.2, -0.15) is 33.7 Å². The van der Waals surface area contributed by atoms with Gasteiger partial charge in [0.05, 0.1) is 12.6 Å². The van der Waals surface area contributed by atoms with E-state index >= 15 is 0 Å². The molecule has 0 aromatic carbocycles. The number of fused-ring (bicyclic) bond motifs is 4. The minimum absolute atomic E-state index is 0.0716. The van der Waals surface area contributed by atoms with Crippen molar-refractivity contribution in [2.45, 2.75) is 199 Å². The Balaban J connectivity index is 0.000000142. The lowest BCUT2D eigenvalue weighted by Gasteiger charge is -2.38. The van der Waals surface area contributed by atoms with E-state index in [9.17, 15) is 67.2 Å². The summed E-state index contributed by atoms with van der Waals surface area (Å²) in [5.74, 6) is -3.97. The summed E-state index contributed by atoms with van der Waals surface area (Å²) < 4.78 is 162. The Morgan fingerprint density at radius 3 is 1.52 bits per heavy atom. The molecule has 12 saturated heterocycles. The van der Waals surface area contributed by atoms with Gasteiger partial charge in [0, 0.05) is 47.0 Å². The smallest absolute Gasteiger partial charge is 0.325 e. The van der Waals surface area contributed by atoms with Crippen molar-refractivity contribution in [1.29, 1.82) is 0 Å². The van der Waals surface area contributed by atoms with Crippen LogP contribution in [0.15, 0.2) is 60.9 Å². The monoisotopic (exact) mass is 1350 g/mol. The number of esters is 3. The maximum atomic E-state index is 12.4. The lowest BCUT2D eigenvalue weighted by Crippen LogP contribution is -2.56. The van der Waals surface area contributed by atoms with Crippen LogP contribution in [0.25, 0.3) is 0 Å². The van der Waals surface area contributed by atoms with Gasteiger partial charge in [-0.15, -0.1) is 0 Å². The molecule has 12 fully saturated rings. The van der Waals surface area contributed by atoms with Crippen molar-refractivity contribution in [3.63, 3.8) is 0 Å². The third kappa shape index (κ3) is 11.9. The van der Waals surface area contributed by atoms with Crippen molar-refractivity contribution >= 4 is 82.0 Å². The first kappa shape index (κ1) is 68.6. The predicted molar refractivity (Wildman–Crippen MR) is 306 cm³/mol. The molecule has 90 heavy (non-hydrogen) atoms. The maximum absolute atomic E-state index is 12.4. The number of ether oxygens (including phenoxy) is 8. The molecule has 22 unspecified atom stereocenters. The SMILES string of the molecule is C=C(C)C(=O)NCC(=O)OC1C2C3OC1(C)CC3OS2(=O)=O.C=C(C)C(=O)NCC(=O)OC1C2CC3OS(=O)(=O)C1C3(C)O2.C=C(C)C(=O)NCC(=O)OC1C2OC3C(OS(=O)(=O)C13)C2C.C=C(CNC(=O)C(=C)C)OC1C2C3OC1(C)C(C)C3(C)OS2(=O)=O. The molecule has 0 radical (unpaired) electrons. The summed E-state index contributed by atoms with van der Waals surface area (Å²) in [6, 6.07) is 0. The number of carbonyl (C=O) groups excluding carboxylic acids is 7.